The van der Waals surface area contributed by atoms with Gasteiger partial charge in [-0.3, -0.25) is 9.59 Å². The molecule has 1 fully saturated rings. The minimum Gasteiger partial charge on any atom is -0.497 e. The minimum absolute atomic E-state index is 0.0222. The van der Waals surface area contributed by atoms with Gasteiger partial charge in [0.15, 0.2) is 0 Å². The van der Waals surface area contributed by atoms with Crippen LogP contribution in [0.25, 0.3) is 0 Å². The average molecular weight is 377 g/mol. The van der Waals surface area contributed by atoms with E-state index in [-0.39, 0.29) is 11.8 Å². The van der Waals surface area contributed by atoms with Crippen molar-refractivity contribution in [2.24, 2.45) is 0 Å². The van der Waals surface area contributed by atoms with E-state index in [1.54, 1.807) is 18.9 Å². The normalized spacial score (nSPS) is 14.4. The fourth-order valence-corrected chi connectivity index (χ4v) is 3.14. The summed E-state index contributed by atoms with van der Waals surface area (Å²) in [6, 6.07) is 8.01. The predicted octanol–water partition coefficient (Wildman–Crippen LogP) is 1.14. The number of hydrogen-bond donors (Lipinski definition) is 0. The predicted molar refractivity (Wildman–Crippen MR) is 107 cm³/mol. The lowest BCUT2D eigenvalue weighted by molar-refractivity contribution is -0.133. The maximum absolute atomic E-state index is 12.5. The number of rotatable bonds is 8. The van der Waals surface area contributed by atoms with Crippen LogP contribution in [0.3, 0.4) is 0 Å². The van der Waals surface area contributed by atoms with Crippen LogP contribution in [-0.4, -0.2) is 93.5 Å². The van der Waals surface area contributed by atoms with Gasteiger partial charge in [-0.25, -0.2) is 0 Å². The number of ether oxygens (including phenoxy) is 1. The van der Waals surface area contributed by atoms with E-state index in [4.69, 9.17) is 4.74 Å². The zero-order valence-electron chi connectivity index (χ0n) is 17.0. The molecule has 0 aromatic heterocycles. The first kappa shape index (κ1) is 21.0. The molecule has 1 saturated heterocycles. The molecule has 0 saturated carbocycles. The van der Waals surface area contributed by atoms with Gasteiger partial charge < -0.3 is 24.3 Å². The molecule has 27 heavy (non-hydrogen) atoms. The van der Waals surface area contributed by atoms with Crippen molar-refractivity contribution in [2.75, 3.05) is 71.9 Å². The zero-order chi connectivity index (χ0) is 19.8. The summed E-state index contributed by atoms with van der Waals surface area (Å²) in [6.45, 7) is 6.55. The molecule has 2 rings (SSSR count). The number of nitrogens with zero attached hydrogens (tertiary/aromatic N) is 4. The van der Waals surface area contributed by atoms with Crippen LogP contribution in [0.5, 0.6) is 5.75 Å². The number of benzene rings is 1. The molecule has 150 valence electrons. The van der Waals surface area contributed by atoms with E-state index >= 15 is 0 Å². The lowest BCUT2D eigenvalue weighted by atomic mass is 10.2. The molecule has 2 amide bonds. The van der Waals surface area contributed by atoms with Gasteiger partial charge in [-0.2, -0.15) is 0 Å². The quantitative estimate of drug-likeness (QED) is 0.681. The highest BCUT2D eigenvalue weighted by atomic mass is 16.5. The van der Waals surface area contributed by atoms with Crippen LogP contribution >= 0.6 is 0 Å². The highest BCUT2D eigenvalue weighted by Gasteiger charge is 2.22. The van der Waals surface area contributed by atoms with E-state index < -0.39 is 0 Å². The Morgan fingerprint density at radius 3 is 2.15 bits per heavy atom. The van der Waals surface area contributed by atoms with Crippen molar-refractivity contribution in [2.45, 2.75) is 13.3 Å². The Hall–Kier alpha value is -2.28. The van der Waals surface area contributed by atoms with Gasteiger partial charge >= 0.3 is 0 Å². The summed E-state index contributed by atoms with van der Waals surface area (Å²) < 4.78 is 5.20. The highest BCUT2D eigenvalue weighted by Crippen LogP contribution is 2.20. The minimum atomic E-state index is 0.0222. The second kappa shape index (κ2) is 10.2. The molecular formula is C20H32N4O3. The van der Waals surface area contributed by atoms with Gasteiger partial charge in [0.1, 0.15) is 5.75 Å². The van der Waals surface area contributed by atoms with E-state index in [0.29, 0.717) is 32.6 Å². The Labute approximate surface area is 162 Å². The lowest BCUT2D eigenvalue weighted by Gasteiger charge is -2.36. The number of likely N-dealkylation sites (N-methyl/N-ethyl adjacent to an activating group) is 1. The van der Waals surface area contributed by atoms with E-state index in [9.17, 15) is 9.59 Å². The molecule has 0 aliphatic carbocycles. The number of carbonyl (C=O) groups excluding carboxylic acids is 2. The topological polar surface area (TPSA) is 56.3 Å². The third-order valence-electron chi connectivity index (χ3n) is 4.93. The Balaban J connectivity index is 1.78. The Morgan fingerprint density at radius 2 is 1.63 bits per heavy atom. The SMILES string of the molecule is COc1ccc(N2CCN(C(=O)CCN(CCN(C)C)C(C)=O)CC2)cc1. The number of carbonyl (C=O) groups is 2. The fourth-order valence-electron chi connectivity index (χ4n) is 3.14. The molecule has 7 heteroatoms. The summed E-state index contributed by atoms with van der Waals surface area (Å²) in [7, 11) is 5.62. The number of hydrogen-bond acceptors (Lipinski definition) is 5. The maximum Gasteiger partial charge on any atom is 0.224 e. The number of piperazine rings is 1. The lowest BCUT2D eigenvalue weighted by Crippen LogP contribution is -2.49. The molecule has 0 spiro atoms. The number of methoxy groups -OCH3 is 1. The number of anilines is 1. The average Bonchev–Trinajstić information content (AvgIpc) is 2.67. The highest BCUT2D eigenvalue weighted by molar-refractivity contribution is 5.78. The first-order chi connectivity index (χ1) is 12.9. The van der Waals surface area contributed by atoms with Crippen LogP contribution in [0, 0.1) is 0 Å². The third-order valence-corrected chi connectivity index (χ3v) is 4.93. The molecule has 0 N–H and O–H groups in total. The summed E-state index contributed by atoms with van der Waals surface area (Å²) in [6.07, 6.45) is 0.384. The molecule has 0 atom stereocenters. The van der Waals surface area contributed by atoms with Crippen LogP contribution in [0.4, 0.5) is 5.69 Å². The van der Waals surface area contributed by atoms with Crippen LogP contribution in [0.1, 0.15) is 13.3 Å². The van der Waals surface area contributed by atoms with Crippen molar-refractivity contribution in [3.05, 3.63) is 24.3 Å². The Bertz CT molecular complexity index is 610. The van der Waals surface area contributed by atoms with Gasteiger partial charge in [0.25, 0.3) is 0 Å². The van der Waals surface area contributed by atoms with Crippen molar-refractivity contribution in [1.82, 2.24) is 14.7 Å². The van der Waals surface area contributed by atoms with Crippen molar-refractivity contribution < 1.29 is 14.3 Å². The molecule has 1 aliphatic rings. The summed E-state index contributed by atoms with van der Waals surface area (Å²) in [5.74, 6) is 0.992. The summed E-state index contributed by atoms with van der Waals surface area (Å²) in [5.41, 5.74) is 1.15. The van der Waals surface area contributed by atoms with Crippen LogP contribution in [-0.2, 0) is 9.59 Å². The Morgan fingerprint density at radius 1 is 1.00 bits per heavy atom. The number of amides is 2. The van der Waals surface area contributed by atoms with Gasteiger partial charge in [0, 0.05) is 64.8 Å². The smallest absolute Gasteiger partial charge is 0.224 e. The molecule has 1 aliphatic heterocycles. The van der Waals surface area contributed by atoms with Gasteiger partial charge in [0.05, 0.1) is 7.11 Å². The van der Waals surface area contributed by atoms with E-state index in [0.717, 1.165) is 31.1 Å². The van der Waals surface area contributed by atoms with Crippen molar-refractivity contribution in [3.63, 3.8) is 0 Å². The molecule has 0 unspecified atom stereocenters. The summed E-state index contributed by atoms with van der Waals surface area (Å²) in [5, 5.41) is 0. The van der Waals surface area contributed by atoms with Gasteiger partial charge in [-0.15, -0.1) is 0 Å². The second-order valence-electron chi connectivity index (χ2n) is 7.13. The summed E-state index contributed by atoms with van der Waals surface area (Å²) in [4.78, 5) is 32.3. The van der Waals surface area contributed by atoms with Crippen molar-refractivity contribution in [3.8, 4) is 5.75 Å². The fraction of sp³-hybridized carbons (Fsp3) is 0.600. The molecule has 0 radical (unpaired) electrons. The first-order valence-corrected chi connectivity index (χ1v) is 9.47. The van der Waals surface area contributed by atoms with Crippen molar-refractivity contribution in [1.29, 1.82) is 0 Å². The molecular weight excluding hydrogens is 344 g/mol. The monoisotopic (exact) mass is 376 g/mol. The molecule has 1 aromatic rings. The van der Waals surface area contributed by atoms with Gasteiger partial charge in [0.2, 0.25) is 11.8 Å². The zero-order valence-corrected chi connectivity index (χ0v) is 17.0. The van der Waals surface area contributed by atoms with E-state index in [1.807, 2.05) is 48.2 Å². The maximum atomic E-state index is 12.5. The van der Waals surface area contributed by atoms with Crippen LogP contribution in [0.15, 0.2) is 24.3 Å². The molecule has 1 aromatic carbocycles. The largest absolute Gasteiger partial charge is 0.497 e. The van der Waals surface area contributed by atoms with E-state index in [1.165, 1.54) is 0 Å². The molecule has 0 bridgehead atoms. The molecule has 1 heterocycles. The summed E-state index contributed by atoms with van der Waals surface area (Å²) >= 11 is 0. The van der Waals surface area contributed by atoms with Crippen molar-refractivity contribution >= 4 is 17.5 Å². The standard InChI is InChI=1S/C20H32N4O3/c1-17(25)22(12-11-21(2)3)10-9-20(26)24-15-13-23(14-16-24)18-5-7-19(27-4)8-6-18/h5-8H,9-16H2,1-4H3. The molecule has 7 nitrogen and oxygen atoms in total. The third kappa shape index (κ3) is 6.43. The Kier molecular flexibility index (Phi) is 7.91. The first-order valence-electron chi connectivity index (χ1n) is 9.47. The van der Waals surface area contributed by atoms with E-state index in [2.05, 4.69) is 4.90 Å². The van der Waals surface area contributed by atoms with Gasteiger partial charge in [-0.1, -0.05) is 0 Å². The van der Waals surface area contributed by atoms with Gasteiger partial charge in [-0.05, 0) is 38.4 Å². The van der Waals surface area contributed by atoms with Crippen LogP contribution in [0.2, 0.25) is 0 Å². The second-order valence-corrected chi connectivity index (χ2v) is 7.13. The van der Waals surface area contributed by atoms with Crippen LogP contribution < -0.4 is 9.64 Å².